The number of nitrogens with one attached hydrogen (secondary N) is 1. The van der Waals surface area contributed by atoms with Gasteiger partial charge < -0.3 is 5.32 Å². The monoisotopic (exact) mass is 327 g/mol. The molecule has 0 aliphatic heterocycles. The van der Waals surface area contributed by atoms with Gasteiger partial charge in [0.15, 0.2) is 5.78 Å². The summed E-state index contributed by atoms with van der Waals surface area (Å²) in [7, 11) is 0. The number of thiophene rings is 1. The molecular formula is C19H21NO2S. The summed E-state index contributed by atoms with van der Waals surface area (Å²) in [6.07, 6.45) is 3.68. The van der Waals surface area contributed by atoms with Gasteiger partial charge in [-0.25, -0.2) is 0 Å². The fourth-order valence-corrected chi connectivity index (χ4v) is 3.82. The van der Waals surface area contributed by atoms with Gasteiger partial charge in [0, 0.05) is 12.8 Å². The lowest BCUT2D eigenvalue weighted by Crippen LogP contribution is -2.31. The van der Waals surface area contributed by atoms with Crippen molar-refractivity contribution in [2.45, 2.75) is 45.1 Å². The quantitative estimate of drug-likeness (QED) is 0.836. The normalized spacial score (nSPS) is 16.7. The fraction of sp³-hybridized carbons (Fsp3) is 0.368. The largest absolute Gasteiger partial charge is 0.349 e. The Labute approximate surface area is 140 Å². The van der Waals surface area contributed by atoms with Crippen molar-refractivity contribution >= 4 is 23.0 Å². The molecule has 3 nitrogen and oxygen atoms in total. The van der Waals surface area contributed by atoms with Gasteiger partial charge >= 0.3 is 0 Å². The fourth-order valence-electron chi connectivity index (χ4n) is 3.12. The van der Waals surface area contributed by atoms with Crippen molar-refractivity contribution in [2.75, 3.05) is 0 Å². The van der Waals surface area contributed by atoms with E-state index in [-0.39, 0.29) is 30.6 Å². The smallest absolute Gasteiger partial charge is 0.220 e. The Bertz CT molecular complexity index is 706. The molecule has 23 heavy (non-hydrogen) atoms. The van der Waals surface area contributed by atoms with Crippen LogP contribution in [0, 0.1) is 6.92 Å². The third-order valence-corrected chi connectivity index (χ3v) is 5.24. The second-order valence-corrected chi connectivity index (χ2v) is 7.06. The Balaban J connectivity index is 1.59. The van der Waals surface area contributed by atoms with Gasteiger partial charge in [0.05, 0.1) is 10.9 Å². The second-order valence-electron chi connectivity index (χ2n) is 6.12. The number of amides is 1. The first kappa shape index (κ1) is 15.9. The van der Waals surface area contributed by atoms with E-state index in [9.17, 15) is 9.59 Å². The Morgan fingerprint density at radius 1 is 1.26 bits per heavy atom. The molecule has 0 saturated heterocycles. The van der Waals surface area contributed by atoms with Gasteiger partial charge in [0.2, 0.25) is 5.91 Å². The maximum atomic E-state index is 12.2. The Morgan fingerprint density at radius 2 is 2.13 bits per heavy atom. The number of ketones is 1. The molecule has 0 spiro atoms. The molecule has 1 heterocycles. The molecule has 0 saturated carbocycles. The molecule has 1 amide bonds. The van der Waals surface area contributed by atoms with Crippen LogP contribution < -0.4 is 5.32 Å². The van der Waals surface area contributed by atoms with E-state index in [1.807, 2.05) is 17.5 Å². The molecule has 1 atom stereocenters. The van der Waals surface area contributed by atoms with Gasteiger partial charge in [-0.3, -0.25) is 9.59 Å². The molecule has 1 aromatic carbocycles. The van der Waals surface area contributed by atoms with Crippen LogP contribution in [0.4, 0.5) is 0 Å². The summed E-state index contributed by atoms with van der Waals surface area (Å²) in [4.78, 5) is 24.9. The Morgan fingerprint density at radius 3 is 2.91 bits per heavy atom. The number of hydrogen-bond acceptors (Lipinski definition) is 3. The molecule has 120 valence electrons. The first-order valence-electron chi connectivity index (χ1n) is 8.09. The molecule has 1 N–H and O–H groups in total. The SMILES string of the molecule is Cc1ccc2c(c1)[C@@H](NC(=O)CCC(=O)c1cccs1)CCC2. The second kappa shape index (κ2) is 7.09. The summed E-state index contributed by atoms with van der Waals surface area (Å²) in [5.41, 5.74) is 3.80. The molecule has 0 bridgehead atoms. The van der Waals surface area contributed by atoms with E-state index in [0.717, 1.165) is 24.1 Å². The van der Waals surface area contributed by atoms with Crippen molar-refractivity contribution in [2.24, 2.45) is 0 Å². The summed E-state index contributed by atoms with van der Waals surface area (Å²) < 4.78 is 0. The maximum absolute atomic E-state index is 12.2. The van der Waals surface area contributed by atoms with Crippen molar-refractivity contribution in [3.63, 3.8) is 0 Å². The van der Waals surface area contributed by atoms with Crippen molar-refractivity contribution < 1.29 is 9.59 Å². The molecule has 1 aliphatic rings. The molecule has 0 radical (unpaired) electrons. The zero-order chi connectivity index (χ0) is 16.2. The van der Waals surface area contributed by atoms with E-state index in [0.29, 0.717) is 0 Å². The van der Waals surface area contributed by atoms with Crippen LogP contribution >= 0.6 is 11.3 Å². The highest BCUT2D eigenvalue weighted by Gasteiger charge is 2.22. The highest BCUT2D eigenvalue weighted by Crippen LogP contribution is 2.30. The van der Waals surface area contributed by atoms with Crippen molar-refractivity contribution in [3.8, 4) is 0 Å². The van der Waals surface area contributed by atoms with Crippen molar-refractivity contribution in [3.05, 3.63) is 57.3 Å². The van der Waals surface area contributed by atoms with Crippen LogP contribution in [0.1, 0.15) is 58.1 Å². The molecule has 4 heteroatoms. The Kier molecular flexibility index (Phi) is 4.91. The third kappa shape index (κ3) is 3.88. The average molecular weight is 327 g/mol. The molecule has 0 unspecified atom stereocenters. The molecule has 3 rings (SSSR count). The van der Waals surface area contributed by atoms with Crippen LogP contribution in [0.5, 0.6) is 0 Å². The highest BCUT2D eigenvalue weighted by atomic mass is 32.1. The first-order chi connectivity index (χ1) is 11.1. The minimum atomic E-state index is -0.0331. The molecule has 1 aliphatic carbocycles. The predicted octanol–water partition coefficient (Wildman–Crippen LogP) is 4.21. The van der Waals surface area contributed by atoms with Gasteiger partial charge in [-0.05, 0) is 48.8 Å². The van der Waals surface area contributed by atoms with E-state index in [1.54, 1.807) is 0 Å². The summed E-state index contributed by atoms with van der Waals surface area (Å²) in [5.74, 6) is 0.0179. The van der Waals surface area contributed by atoms with Gasteiger partial charge in [0.25, 0.3) is 0 Å². The number of hydrogen-bond donors (Lipinski definition) is 1. The average Bonchev–Trinajstić information content (AvgIpc) is 3.08. The maximum Gasteiger partial charge on any atom is 0.220 e. The summed E-state index contributed by atoms with van der Waals surface area (Å²) in [6.45, 7) is 2.08. The summed E-state index contributed by atoms with van der Waals surface area (Å²) in [6, 6.07) is 10.2. The minimum absolute atomic E-state index is 0.0331. The summed E-state index contributed by atoms with van der Waals surface area (Å²) in [5, 5.41) is 5.00. The van der Waals surface area contributed by atoms with Crippen LogP contribution in [-0.4, -0.2) is 11.7 Å². The van der Waals surface area contributed by atoms with Crippen LogP contribution in [0.2, 0.25) is 0 Å². The number of carbonyl (C=O) groups is 2. The van der Waals surface area contributed by atoms with Crippen molar-refractivity contribution in [1.29, 1.82) is 0 Å². The zero-order valence-corrected chi connectivity index (χ0v) is 14.1. The number of benzene rings is 1. The van der Waals surface area contributed by atoms with Crippen LogP contribution in [0.25, 0.3) is 0 Å². The number of aryl methyl sites for hydroxylation is 2. The van der Waals surface area contributed by atoms with Gasteiger partial charge in [0.1, 0.15) is 0 Å². The van der Waals surface area contributed by atoms with E-state index in [2.05, 4.69) is 30.4 Å². The van der Waals surface area contributed by atoms with Gasteiger partial charge in [-0.2, -0.15) is 0 Å². The first-order valence-corrected chi connectivity index (χ1v) is 8.97. The molecule has 0 fully saturated rings. The summed E-state index contributed by atoms with van der Waals surface area (Å²) >= 11 is 1.43. The van der Waals surface area contributed by atoms with E-state index >= 15 is 0 Å². The number of Topliss-reactive ketones (excluding diaryl/α,β-unsaturated/α-hetero) is 1. The number of fused-ring (bicyclic) bond motifs is 1. The molecular weight excluding hydrogens is 306 g/mol. The standard InChI is InChI=1S/C19H21NO2S/c1-13-7-8-14-4-2-5-16(15(14)12-13)20-19(22)10-9-17(21)18-6-3-11-23-18/h3,6-8,11-12,16H,2,4-5,9-10H2,1H3,(H,20,22)/t16-/m0/s1. The van der Waals surface area contributed by atoms with Crippen LogP contribution in [0.3, 0.4) is 0 Å². The van der Waals surface area contributed by atoms with Gasteiger partial charge in [-0.1, -0.05) is 29.8 Å². The van der Waals surface area contributed by atoms with E-state index < -0.39 is 0 Å². The van der Waals surface area contributed by atoms with Gasteiger partial charge in [-0.15, -0.1) is 11.3 Å². The lowest BCUT2D eigenvalue weighted by molar-refractivity contribution is -0.121. The lowest BCUT2D eigenvalue weighted by atomic mass is 9.86. The van der Waals surface area contributed by atoms with Crippen LogP contribution in [-0.2, 0) is 11.2 Å². The highest BCUT2D eigenvalue weighted by molar-refractivity contribution is 7.12. The van der Waals surface area contributed by atoms with E-state index in [4.69, 9.17) is 0 Å². The van der Waals surface area contributed by atoms with Crippen molar-refractivity contribution in [1.82, 2.24) is 5.32 Å². The predicted molar refractivity (Wildman–Crippen MR) is 92.9 cm³/mol. The molecule has 2 aromatic rings. The minimum Gasteiger partial charge on any atom is -0.349 e. The lowest BCUT2D eigenvalue weighted by Gasteiger charge is -2.27. The number of carbonyl (C=O) groups excluding carboxylic acids is 2. The zero-order valence-electron chi connectivity index (χ0n) is 13.3. The molecule has 1 aromatic heterocycles. The Hall–Kier alpha value is -1.94. The number of rotatable bonds is 5. The topological polar surface area (TPSA) is 46.2 Å². The third-order valence-electron chi connectivity index (χ3n) is 4.33. The van der Waals surface area contributed by atoms with E-state index in [1.165, 1.54) is 28.0 Å². The van der Waals surface area contributed by atoms with Crippen LogP contribution in [0.15, 0.2) is 35.7 Å².